The second kappa shape index (κ2) is 9.07. The average Bonchev–Trinajstić information content (AvgIpc) is 2.71. The smallest absolute Gasteiger partial charge is 0.341 e. The minimum atomic E-state index is -0.719. The molecule has 0 aliphatic carbocycles. The Morgan fingerprint density at radius 2 is 1.86 bits per heavy atom. The number of amides is 1. The van der Waals surface area contributed by atoms with Crippen LogP contribution in [0.15, 0.2) is 24.4 Å². The lowest BCUT2D eigenvalue weighted by Crippen LogP contribution is -2.39. The molecule has 0 spiro atoms. The Bertz CT molecular complexity index is 892. The third-order valence-electron chi connectivity index (χ3n) is 5.06. The maximum Gasteiger partial charge on any atom is 0.341 e. The number of rotatable bonds is 5. The fraction of sp³-hybridized carbons (Fsp3) is 0.429. The van der Waals surface area contributed by atoms with Gasteiger partial charge in [0.25, 0.3) is 0 Å². The molecule has 1 aromatic heterocycles. The summed E-state index contributed by atoms with van der Waals surface area (Å²) < 4.78 is 32.7. The van der Waals surface area contributed by atoms with Crippen LogP contribution in [-0.2, 0) is 16.0 Å². The van der Waals surface area contributed by atoms with Gasteiger partial charge in [0.2, 0.25) is 5.91 Å². The number of halogens is 2. The standard InChI is InChI=1S/C21H23F2N3O3/c1-3-29-21(28)16-12-24-13(2)25-20(16)14-7-9-26(10-8-14)19(27)11-15-17(22)5-4-6-18(15)23/h4-6,12,14H,3,7-11H2,1-2H3. The van der Waals surface area contributed by atoms with Gasteiger partial charge in [-0.05, 0) is 38.8 Å². The fourth-order valence-electron chi connectivity index (χ4n) is 3.53. The van der Waals surface area contributed by atoms with Crippen LogP contribution >= 0.6 is 0 Å². The Morgan fingerprint density at radius 3 is 2.48 bits per heavy atom. The zero-order valence-corrected chi connectivity index (χ0v) is 16.5. The summed E-state index contributed by atoms with van der Waals surface area (Å²) in [6, 6.07) is 3.56. The molecule has 8 heteroatoms. The number of benzene rings is 1. The van der Waals surface area contributed by atoms with E-state index in [9.17, 15) is 18.4 Å². The number of hydrogen-bond donors (Lipinski definition) is 0. The van der Waals surface area contributed by atoms with Crippen molar-refractivity contribution in [2.75, 3.05) is 19.7 Å². The zero-order chi connectivity index (χ0) is 21.0. The predicted octanol–water partition coefficient (Wildman–Crippen LogP) is 3.19. The fourth-order valence-corrected chi connectivity index (χ4v) is 3.53. The molecular formula is C21H23F2N3O3. The van der Waals surface area contributed by atoms with Gasteiger partial charge in [-0.2, -0.15) is 0 Å². The molecule has 1 amide bonds. The third-order valence-corrected chi connectivity index (χ3v) is 5.06. The molecule has 0 saturated carbocycles. The van der Waals surface area contributed by atoms with E-state index in [1.807, 2.05) is 0 Å². The minimum absolute atomic E-state index is 0.0228. The summed E-state index contributed by atoms with van der Waals surface area (Å²) in [5.74, 6) is -1.69. The van der Waals surface area contributed by atoms with Crippen molar-refractivity contribution in [1.29, 1.82) is 0 Å². The molecule has 1 saturated heterocycles. The molecule has 3 rings (SSSR count). The molecule has 1 aliphatic heterocycles. The first-order valence-electron chi connectivity index (χ1n) is 9.62. The number of hydrogen-bond acceptors (Lipinski definition) is 5. The Labute approximate surface area is 167 Å². The highest BCUT2D eigenvalue weighted by molar-refractivity contribution is 5.90. The van der Waals surface area contributed by atoms with E-state index in [1.165, 1.54) is 12.3 Å². The van der Waals surface area contributed by atoms with Crippen molar-refractivity contribution in [3.63, 3.8) is 0 Å². The van der Waals surface area contributed by atoms with Crippen molar-refractivity contribution in [2.45, 2.75) is 39.0 Å². The normalized spacial score (nSPS) is 14.7. The molecule has 154 valence electrons. The molecule has 0 radical (unpaired) electrons. The number of aryl methyl sites for hydroxylation is 1. The highest BCUT2D eigenvalue weighted by Crippen LogP contribution is 2.30. The molecule has 0 bridgehead atoms. The molecule has 2 heterocycles. The first kappa shape index (κ1) is 20.8. The van der Waals surface area contributed by atoms with Crippen LogP contribution in [-0.4, -0.2) is 46.4 Å². The van der Waals surface area contributed by atoms with Gasteiger partial charge < -0.3 is 9.64 Å². The second-order valence-corrected chi connectivity index (χ2v) is 6.97. The topological polar surface area (TPSA) is 72.4 Å². The quantitative estimate of drug-likeness (QED) is 0.717. The van der Waals surface area contributed by atoms with E-state index < -0.39 is 17.6 Å². The van der Waals surface area contributed by atoms with Crippen molar-refractivity contribution in [3.8, 4) is 0 Å². The van der Waals surface area contributed by atoms with Crippen molar-refractivity contribution in [3.05, 3.63) is 58.7 Å². The minimum Gasteiger partial charge on any atom is -0.462 e. The van der Waals surface area contributed by atoms with Crippen molar-refractivity contribution >= 4 is 11.9 Å². The molecule has 1 aliphatic rings. The van der Waals surface area contributed by atoms with Gasteiger partial charge in [0.1, 0.15) is 17.5 Å². The summed E-state index contributed by atoms with van der Waals surface area (Å²) in [7, 11) is 0. The second-order valence-electron chi connectivity index (χ2n) is 6.97. The number of carbonyl (C=O) groups is 2. The molecule has 0 unspecified atom stereocenters. The lowest BCUT2D eigenvalue weighted by Gasteiger charge is -2.32. The van der Waals surface area contributed by atoms with E-state index in [2.05, 4.69) is 9.97 Å². The third kappa shape index (κ3) is 4.75. The average molecular weight is 403 g/mol. The molecule has 2 aromatic rings. The molecule has 6 nitrogen and oxygen atoms in total. The van der Waals surface area contributed by atoms with E-state index in [4.69, 9.17) is 4.74 Å². The maximum absolute atomic E-state index is 13.8. The van der Waals surface area contributed by atoms with E-state index in [0.29, 0.717) is 43.0 Å². The first-order valence-corrected chi connectivity index (χ1v) is 9.62. The van der Waals surface area contributed by atoms with Crippen molar-refractivity contribution in [2.24, 2.45) is 0 Å². The van der Waals surface area contributed by atoms with Crippen LogP contribution in [0.25, 0.3) is 0 Å². The van der Waals surface area contributed by atoms with E-state index in [-0.39, 0.29) is 30.4 Å². The maximum atomic E-state index is 13.8. The van der Waals surface area contributed by atoms with Crippen molar-refractivity contribution < 1.29 is 23.1 Å². The lowest BCUT2D eigenvalue weighted by atomic mass is 9.90. The van der Waals surface area contributed by atoms with Gasteiger partial charge in [-0.25, -0.2) is 23.5 Å². The van der Waals surface area contributed by atoms with Crippen LogP contribution in [0.1, 0.15) is 53.1 Å². The molecular weight excluding hydrogens is 380 g/mol. The van der Waals surface area contributed by atoms with E-state index in [1.54, 1.807) is 18.7 Å². The number of piperidine rings is 1. The zero-order valence-electron chi connectivity index (χ0n) is 16.5. The van der Waals surface area contributed by atoms with Crippen LogP contribution < -0.4 is 0 Å². The number of aromatic nitrogens is 2. The Kier molecular flexibility index (Phi) is 6.51. The lowest BCUT2D eigenvalue weighted by molar-refractivity contribution is -0.131. The summed E-state index contributed by atoms with van der Waals surface area (Å²) in [4.78, 5) is 34.9. The number of nitrogens with zero attached hydrogens (tertiary/aromatic N) is 3. The summed E-state index contributed by atoms with van der Waals surface area (Å²) in [6.45, 7) is 4.58. The molecule has 29 heavy (non-hydrogen) atoms. The van der Waals surface area contributed by atoms with Crippen LogP contribution in [0.2, 0.25) is 0 Å². The van der Waals surface area contributed by atoms with Crippen LogP contribution in [0.3, 0.4) is 0 Å². The number of likely N-dealkylation sites (tertiary alicyclic amines) is 1. The largest absolute Gasteiger partial charge is 0.462 e. The Morgan fingerprint density at radius 1 is 1.21 bits per heavy atom. The Hall–Kier alpha value is -2.90. The SMILES string of the molecule is CCOC(=O)c1cnc(C)nc1C1CCN(C(=O)Cc2c(F)cccc2F)CC1. The predicted molar refractivity (Wildman–Crippen MR) is 101 cm³/mol. The van der Waals surface area contributed by atoms with Gasteiger partial charge >= 0.3 is 5.97 Å². The summed E-state index contributed by atoms with van der Waals surface area (Å²) in [5, 5.41) is 0. The highest BCUT2D eigenvalue weighted by atomic mass is 19.1. The van der Waals surface area contributed by atoms with Gasteiger partial charge in [-0.1, -0.05) is 6.07 Å². The summed E-state index contributed by atoms with van der Waals surface area (Å²) in [5.41, 5.74) is 0.759. The van der Waals surface area contributed by atoms with Gasteiger partial charge in [-0.3, -0.25) is 4.79 Å². The first-order chi connectivity index (χ1) is 13.9. The number of esters is 1. The summed E-state index contributed by atoms with van der Waals surface area (Å²) in [6.07, 6.45) is 2.35. The number of carbonyl (C=O) groups excluding carboxylic acids is 2. The van der Waals surface area contributed by atoms with Gasteiger partial charge in [0, 0.05) is 30.8 Å². The van der Waals surface area contributed by atoms with Crippen LogP contribution in [0.4, 0.5) is 8.78 Å². The van der Waals surface area contributed by atoms with E-state index in [0.717, 1.165) is 12.1 Å². The molecule has 1 aromatic carbocycles. The van der Waals surface area contributed by atoms with Crippen molar-refractivity contribution in [1.82, 2.24) is 14.9 Å². The van der Waals surface area contributed by atoms with Gasteiger partial charge in [-0.15, -0.1) is 0 Å². The van der Waals surface area contributed by atoms with Crippen LogP contribution in [0.5, 0.6) is 0 Å². The van der Waals surface area contributed by atoms with Gasteiger partial charge in [0.05, 0.1) is 24.3 Å². The van der Waals surface area contributed by atoms with E-state index >= 15 is 0 Å². The Balaban J connectivity index is 1.69. The van der Waals surface area contributed by atoms with Crippen LogP contribution in [0, 0.1) is 18.6 Å². The molecule has 0 N–H and O–H groups in total. The number of ether oxygens (including phenoxy) is 1. The molecule has 0 atom stereocenters. The molecule has 1 fully saturated rings. The monoisotopic (exact) mass is 403 g/mol. The van der Waals surface area contributed by atoms with Gasteiger partial charge in [0.15, 0.2) is 0 Å². The summed E-state index contributed by atoms with van der Waals surface area (Å²) >= 11 is 0. The highest BCUT2D eigenvalue weighted by Gasteiger charge is 2.29.